The van der Waals surface area contributed by atoms with Crippen LogP contribution in [0.4, 0.5) is 0 Å². The highest BCUT2D eigenvalue weighted by Gasteiger charge is 2.39. The summed E-state index contributed by atoms with van der Waals surface area (Å²) in [6.45, 7) is 8.69. The summed E-state index contributed by atoms with van der Waals surface area (Å²) in [6, 6.07) is 0. The van der Waals surface area contributed by atoms with Crippen molar-refractivity contribution in [3.63, 3.8) is 0 Å². The Hall–Kier alpha value is -0.0800. The quantitative estimate of drug-likeness (QED) is 0.669. The van der Waals surface area contributed by atoms with Crippen LogP contribution in [0.25, 0.3) is 0 Å². The highest BCUT2D eigenvalue weighted by molar-refractivity contribution is 4.89. The summed E-state index contributed by atoms with van der Waals surface area (Å²) < 4.78 is 11.2. The van der Waals surface area contributed by atoms with Crippen LogP contribution in [0.2, 0.25) is 0 Å². The van der Waals surface area contributed by atoms with Crippen molar-refractivity contribution in [2.24, 2.45) is 16.7 Å². The fraction of sp³-hybridized carbons (Fsp3) is 1.00. The first-order valence-electron chi connectivity index (χ1n) is 7.91. The van der Waals surface area contributed by atoms with Crippen molar-refractivity contribution in [2.75, 3.05) is 27.4 Å². The van der Waals surface area contributed by atoms with Gasteiger partial charge in [0, 0.05) is 19.6 Å². The molecule has 0 N–H and O–H groups in total. The summed E-state index contributed by atoms with van der Waals surface area (Å²) in [6.07, 6.45) is 9.36. The molecule has 0 heterocycles. The lowest BCUT2D eigenvalue weighted by atomic mass is 9.65. The Bertz CT molecular complexity index is 230. The molecule has 1 aliphatic carbocycles. The molecule has 0 spiro atoms. The normalized spacial score (nSPS) is 18.8. The Kier molecular flexibility index (Phi) is 6.82. The molecule has 0 bridgehead atoms. The molecule has 1 aliphatic rings. The highest BCUT2D eigenvalue weighted by Crippen LogP contribution is 2.44. The van der Waals surface area contributed by atoms with E-state index < -0.39 is 0 Å². The first-order valence-corrected chi connectivity index (χ1v) is 7.91. The van der Waals surface area contributed by atoms with Gasteiger partial charge in [-0.05, 0) is 37.0 Å². The number of hydrogen-bond donors (Lipinski definition) is 0. The predicted molar refractivity (Wildman–Crippen MR) is 81.4 cm³/mol. The van der Waals surface area contributed by atoms with Gasteiger partial charge in [-0.1, -0.05) is 40.0 Å². The Morgan fingerprint density at radius 3 is 1.79 bits per heavy atom. The van der Waals surface area contributed by atoms with Crippen LogP contribution in [0.3, 0.4) is 0 Å². The average Bonchev–Trinajstić information content (AvgIpc) is 2.37. The smallest absolute Gasteiger partial charge is 0.0543 e. The first kappa shape index (κ1) is 17.0. The minimum Gasteiger partial charge on any atom is -0.384 e. The number of ether oxygens (including phenoxy) is 2. The largest absolute Gasteiger partial charge is 0.384 e. The fourth-order valence-corrected chi connectivity index (χ4v) is 3.54. The van der Waals surface area contributed by atoms with Gasteiger partial charge in [0.1, 0.15) is 0 Å². The van der Waals surface area contributed by atoms with Crippen molar-refractivity contribution in [3.05, 3.63) is 0 Å². The van der Waals surface area contributed by atoms with Crippen molar-refractivity contribution in [2.45, 2.75) is 65.7 Å². The lowest BCUT2D eigenvalue weighted by Gasteiger charge is -2.43. The van der Waals surface area contributed by atoms with Crippen LogP contribution in [0, 0.1) is 16.7 Å². The molecular formula is C17H34O2. The van der Waals surface area contributed by atoms with E-state index in [1.807, 2.05) is 14.2 Å². The monoisotopic (exact) mass is 270 g/mol. The molecule has 1 rings (SSSR count). The molecule has 0 aliphatic heterocycles. The van der Waals surface area contributed by atoms with Crippen molar-refractivity contribution >= 4 is 0 Å². The fourth-order valence-electron chi connectivity index (χ4n) is 3.54. The molecule has 2 heteroatoms. The molecule has 0 amide bonds. The minimum absolute atomic E-state index is 0.233. The van der Waals surface area contributed by atoms with Gasteiger partial charge in [-0.2, -0.15) is 0 Å². The minimum atomic E-state index is 0.233. The standard InChI is InChI=1S/C17H34O2/c1-16(2,3)11-12-17(13-18-4,14-19-5)15-9-7-6-8-10-15/h15H,6-14H2,1-5H3. The van der Waals surface area contributed by atoms with E-state index in [2.05, 4.69) is 20.8 Å². The van der Waals surface area contributed by atoms with Gasteiger partial charge in [-0.15, -0.1) is 0 Å². The summed E-state index contributed by atoms with van der Waals surface area (Å²) >= 11 is 0. The highest BCUT2D eigenvalue weighted by atomic mass is 16.5. The van der Waals surface area contributed by atoms with E-state index in [0.29, 0.717) is 5.41 Å². The zero-order valence-corrected chi connectivity index (χ0v) is 13.8. The lowest BCUT2D eigenvalue weighted by molar-refractivity contribution is -0.0516. The van der Waals surface area contributed by atoms with Crippen LogP contribution in [0.5, 0.6) is 0 Å². The van der Waals surface area contributed by atoms with Gasteiger partial charge in [0.05, 0.1) is 13.2 Å². The van der Waals surface area contributed by atoms with Crippen molar-refractivity contribution in [1.82, 2.24) is 0 Å². The van der Waals surface area contributed by atoms with Crippen LogP contribution >= 0.6 is 0 Å². The van der Waals surface area contributed by atoms with Gasteiger partial charge in [-0.25, -0.2) is 0 Å². The van der Waals surface area contributed by atoms with Crippen molar-refractivity contribution < 1.29 is 9.47 Å². The molecule has 19 heavy (non-hydrogen) atoms. The van der Waals surface area contributed by atoms with E-state index in [9.17, 15) is 0 Å². The summed E-state index contributed by atoms with van der Waals surface area (Å²) in [7, 11) is 3.68. The molecule has 0 aromatic rings. The van der Waals surface area contributed by atoms with Crippen molar-refractivity contribution in [1.29, 1.82) is 0 Å². The second-order valence-electron chi connectivity index (χ2n) is 7.62. The first-order chi connectivity index (χ1) is 8.93. The summed E-state index contributed by atoms with van der Waals surface area (Å²) in [5, 5.41) is 0. The Balaban J connectivity index is 2.78. The second-order valence-corrected chi connectivity index (χ2v) is 7.62. The Morgan fingerprint density at radius 2 is 1.37 bits per heavy atom. The maximum Gasteiger partial charge on any atom is 0.0543 e. The zero-order chi connectivity index (χ0) is 14.4. The van der Waals surface area contributed by atoms with E-state index in [1.165, 1.54) is 44.9 Å². The third-order valence-electron chi connectivity index (χ3n) is 4.71. The molecule has 0 aromatic carbocycles. The SMILES string of the molecule is COCC(CCC(C)(C)C)(COC)C1CCCCC1. The van der Waals surface area contributed by atoms with Crippen LogP contribution in [-0.2, 0) is 9.47 Å². The van der Waals surface area contributed by atoms with E-state index in [-0.39, 0.29) is 5.41 Å². The zero-order valence-electron chi connectivity index (χ0n) is 13.8. The van der Waals surface area contributed by atoms with Gasteiger partial charge in [-0.3, -0.25) is 0 Å². The molecule has 1 saturated carbocycles. The van der Waals surface area contributed by atoms with E-state index in [0.717, 1.165) is 19.1 Å². The van der Waals surface area contributed by atoms with Gasteiger partial charge in [0.15, 0.2) is 0 Å². The molecule has 0 aromatic heterocycles. The number of rotatable bonds is 7. The summed E-state index contributed by atoms with van der Waals surface area (Å²) in [5.41, 5.74) is 0.624. The van der Waals surface area contributed by atoms with Crippen LogP contribution in [-0.4, -0.2) is 27.4 Å². The van der Waals surface area contributed by atoms with Crippen LogP contribution < -0.4 is 0 Å². The molecule has 114 valence electrons. The van der Waals surface area contributed by atoms with Gasteiger partial charge in [0.2, 0.25) is 0 Å². The summed E-state index contributed by atoms with van der Waals surface area (Å²) in [4.78, 5) is 0. The second kappa shape index (κ2) is 7.64. The van der Waals surface area contributed by atoms with E-state index >= 15 is 0 Å². The third kappa shape index (κ3) is 5.43. The predicted octanol–water partition coefficient (Wildman–Crippen LogP) is 4.67. The maximum atomic E-state index is 5.60. The summed E-state index contributed by atoms with van der Waals surface area (Å²) in [5.74, 6) is 0.781. The molecule has 0 unspecified atom stereocenters. The van der Waals surface area contributed by atoms with Gasteiger partial charge in [0.25, 0.3) is 0 Å². The van der Waals surface area contributed by atoms with Crippen molar-refractivity contribution in [3.8, 4) is 0 Å². The molecule has 2 nitrogen and oxygen atoms in total. The molecule has 0 radical (unpaired) electrons. The maximum absolute atomic E-state index is 5.60. The van der Waals surface area contributed by atoms with Gasteiger partial charge >= 0.3 is 0 Å². The Labute approximate surface area is 120 Å². The number of methoxy groups -OCH3 is 2. The van der Waals surface area contributed by atoms with Gasteiger partial charge < -0.3 is 9.47 Å². The van der Waals surface area contributed by atoms with E-state index in [1.54, 1.807) is 0 Å². The van der Waals surface area contributed by atoms with Crippen LogP contribution in [0.1, 0.15) is 65.7 Å². The topological polar surface area (TPSA) is 18.5 Å². The number of hydrogen-bond acceptors (Lipinski definition) is 2. The molecule has 0 atom stereocenters. The average molecular weight is 270 g/mol. The Morgan fingerprint density at radius 1 is 0.842 bits per heavy atom. The van der Waals surface area contributed by atoms with E-state index in [4.69, 9.17) is 9.47 Å². The molecule has 0 saturated heterocycles. The van der Waals surface area contributed by atoms with Crippen LogP contribution in [0.15, 0.2) is 0 Å². The molecule has 1 fully saturated rings. The molecular weight excluding hydrogens is 236 g/mol. The lowest BCUT2D eigenvalue weighted by Crippen LogP contribution is -2.41. The third-order valence-corrected chi connectivity index (χ3v) is 4.71.